The molecule has 3 nitrogen and oxygen atoms in total. The zero-order valence-corrected chi connectivity index (χ0v) is 14.9. The summed E-state index contributed by atoms with van der Waals surface area (Å²) in [6.45, 7) is 0. The Bertz CT molecular complexity index is 1030. The third kappa shape index (κ3) is 3.76. The van der Waals surface area contributed by atoms with E-state index in [1.54, 1.807) is 11.8 Å². The molecule has 1 aromatic heterocycles. The second-order valence-electron chi connectivity index (χ2n) is 5.69. The lowest BCUT2D eigenvalue weighted by atomic mass is 10.2. The van der Waals surface area contributed by atoms with Crippen molar-refractivity contribution < 1.29 is 0 Å². The van der Waals surface area contributed by atoms with Crippen LogP contribution in [0, 0.1) is 0 Å². The Hall–Kier alpha value is -3.11. The molecule has 1 heterocycles. The van der Waals surface area contributed by atoms with Gasteiger partial charge in [0.15, 0.2) is 0 Å². The van der Waals surface area contributed by atoms with Gasteiger partial charge in [-0.15, -0.1) is 0 Å². The number of anilines is 1. The highest BCUT2D eigenvalue weighted by molar-refractivity contribution is 8.14. The van der Waals surface area contributed by atoms with E-state index in [1.807, 2.05) is 60.8 Å². The summed E-state index contributed by atoms with van der Waals surface area (Å²) >= 11 is 1.62. The number of nitrogens with zero attached hydrogens (tertiary/aromatic N) is 2. The molecule has 0 aliphatic rings. The van der Waals surface area contributed by atoms with E-state index in [-0.39, 0.29) is 0 Å². The predicted octanol–water partition coefficient (Wildman–Crippen LogP) is 5.80. The number of pyridine rings is 1. The summed E-state index contributed by atoms with van der Waals surface area (Å²) in [6, 6.07) is 30.4. The third-order valence-electron chi connectivity index (χ3n) is 3.88. The van der Waals surface area contributed by atoms with Gasteiger partial charge in [-0.2, -0.15) is 5.10 Å². The molecule has 3 aromatic carbocycles. The molecule has 4 aromatic rings. The van der Waals surface area contributed by atoms with Crippen molar-refractivity contribution in [3.63, 3.8) is 0 Å². The number of hydrazone groups is 1. The predicted molar refractivity (Wildman–Crippen MR) is 111 cm³/mol. The first-order valence-corrected chi connectivity index (χ1v) is 9.17. The van der Waals surface area contributed by atoms with E-state index in [4.69, 9.17) is 0 Å². The summed E-state index contributed by atoms with van der Waals surface area (Å²) < 4.78 is 0. The van der Waals surface area contributed by atoms with Crippen LogP contribution >= 0.6 is 11.8 Å². The van der Waals surface area contributed by atoms with Crippen LogP contribution in [0.2, 0.25) is 0 Å². The zero-order valence-electron chi connectivity index (χ0n) is 14.0. The molecule has 1 N–H and O–H groups in total. The highest BCUT2D eigenvalue weighted by Gasteiger charge is 2.10. The van der Waals surface area contributed by atoms with Gasteiger partial charge in [-0.25, -0.2) is 0 Å². The molecule has 0 saturated heterocycles. The number of aromatic nitrogens is 1. The van der Waals surface area contributed by atoms with Crippen LogP contribution in [-0.4, -0.2) is 10.0 Å². The van der Waals surface area contributed by atoms with E-state index >= 15 is 0 Å². The van der Waals surface area contributed by atoms with Crippen LogP contribution in [0.15, 0.2) is 107 Å². The van der Waals surface area contributed by atoms with Gasteiger partial charge < -0.3 is 0 Å². The number of rotatable bonds is 4. The minimum atomic E-state index is 0.896. The van der Waals surface area contributed by atoms with E-state index in [0.717, 1.165) is 32.1 Å². The molecule has 0 amide bonds. The SMILES string of the molecule is c1ccc(N/N=C(\Sc2cccc3cccnc23)c2ccccc2)cc1. The van der Waals surface area contributed by atoms with Crippen LogP contribution in [0.25, 0.3) is 10.9 Å². The molecular weight excluding hydrogens is 338 g/mol. The molecule has 126 valence electrons. The molecule has 0 spiro atoms. The van der Waals surface area contributed by atoms with Gasteiger partial charge in [0, 0.05) is 22.0 Å². The minimum Gasteiger partial charge on any atom is -0.277 e. The second-order valence-corrected chi connectivity index (χ2v) is 6.72. The summed E-state index contributed by atoms with van der Waals surface area (Å²) in [5, 5.41) is 6.69. The Morgan fingerprint density at radius 2 is 1.50 bits per heavy atom. The molecular formula is C22H17N3S. The molecule has 0 unspecified atom stereocenters. The lowest BCUT2D eigenvalue weighted by molar-refractivity contribution is 1.34. The molecule has 0 saturated carbocycles. The fraction of sp³-hybridized carbons (Fsp3) is 0. The van der Waals surface area contributed by atoms with E-state index < -0.39 is 0 Å². The maximum Gasteiger partial charge on any atom is 0.128 e. The molecule has 0 atom stereocenters. The maximum atomic E-state index is 4.67. The van der Waals surface area contributed by atoms with Gasteiger partial charge in [-0.1, -0.05) is 78.5 Å². The Balaban J connectivity index is 1.71. The Morgan fingerprint density at radius 1 is 0.769 bits per heavy atom. The van der Waals surface area contributed by atoms with Gasteiger partial charge >= 0.3 is 0 Å². The third-order valence-corrected chi connectivity index (χ3v) is 4.95. The van der Waals surface area contributed by atoms with Crippen molar-refractivity contribution in [2.75, 3.05) is 5.43 Å². The molecule has 4 heteroatoms. The largest absolute Gasteiger partial charge is 0.277 e. The molecule has 0 aliphatic carbocycles. The maximum absolute atomic E-state index is 4.67. The highest BCUT2D eigenvalue weighted by atomic mass is 32.2. The summed E-state index contributed by atoms with van der Waals surface area (Å²) in [6.07, 6.45) is 1.83. The van der Waals surface area contributed by atoms with E-state index in [9.17, 15) is 0 Å². The number of nitrogens with one attached hydrogen (secondary N) is 1. The fourth-order valence-electron chi connectivity index (χ4n) is 2.62. The second kappa shape index (κ2) is 7.85. The first-order chi connectivity index (χ1) is 12.9. The fourth-order valence-corrected chi connectivity index (χ4v) is 3.59. The van der Waals surface area contributed by atoms with Gasteiger partial charge in [0.1, 0.15) is 5.04 Å². The van der Waals surface area contributed by atoms with E-state index in [0.29, 0.717) is 0 Å². The molecule has 0 fully saturated rings. The number of thioether (sulfide) groups is 1. The Labute approximate surface area is 156 Å². The number of benzene rings is 3. The van der Waals surface area contributed by atoms with Gasteiger partial charge in [0.2, 0.25) is 0 Å². The average Bonchev–Trinajstić information content (AvgIpc) is 2.72. The van der Waals surface area contributed by atoms with Gasteiger partial charge in [-0.05, 0) is 24.3 Å². The summed E-state index contributed by atoms with van der Waals surface area (Å²) in [7, 11) is 0. The van der Waals surface area contributed by atoms with Crippen LogP contribution in [0.1, 0.15) is 5.56 Å². The number of para-hydroxylation sites is 2. The van der Waals surface area contributed by atoms with Crippen molar-refractivity contribution in [3.8, 4) is 0 Å². The van der Waals surface area contributed by atoms with Gasteiger partial charge in [-0.3, -0.25) is 10.4 Å². The normalized spacial score (nSPS) is 11.5. The van der Waals surface area contributed by atoms with Gasteiger partial charge in [0.25, 0.3) is 0 Å². The van der Waals surface area contributed by atoms with Crippen LogP contribution in [0.4, 0.5) is 5.69 Å². The first kappa shape index (κ1) is 16.4. The zero-order chi connectivity index (χ0) is 17.6. The molecule has 0 radical (unpaired) electrons. The number of hydrogen-bond acceptors (Lipinski definition) is 4. The first-order valence-electron chi connectivity index (χ1n) is 8.36. The van der Waals surface area contributed by atoms with Crippen molar-refractivity contribution in [1.29, 1.82) is 0 Å². The highest BCUT2D eigenvalue weighted by Crippen LogP contribution is 2.29. The van der Waals surface area contributed by atoms with Crippen LogP contribution in [0.5, 0.6) is 0 Å². The van der Waals surface area contributed by atoms with E-state index in [1.165, 1.54) is 0 Å². The van der Waals surface area contributed by atoms with Crippen LogP contribution in [0.3, 0.4) is 0 Å². The summed E-state index contributed by atoms with van der Waals surface area (Å²) in [5.41, 5.74) is 6.17. The van der Waals surface area contributed by atoms with Crippen LogP contribution in [-0.2, 0) is 0 Å². The van der Waals surface area contributed by atoms with Crippen molar-refractivity contribution in [1.82, 2.24) is 4.98 Å². The Morgan fingerprint density at radius 3 is 2.31 bits per heavy atom. The number of hydrogen-bond donors (Lipinski definition) is 1. The monoisotopic (exact) mass is 355 g/mol. The quantitative estimate of drug-likeness (QED) is 0.217. The molecule has 26 heavy (non-hydrogen) atoms. The van der Waals surface area contributed by atoms with Gasteiger partial charge in [0.05, 0.1) is 11.2 Å². The summed E-state index contributed by atoms with van der Waals surface area (Å²) in [5.74, 6) is 0. The lowest BCUT2D eigenvalue weighted by Crippen LogP contribution is -2.00. The van der Waals surface area contributed by atoms with Crippen LogP contribution < -0.4 is 5.43 Å². The van der Waals surface area contributed by atoms with Crippen molar-refractivity contribution >= 4 is 33.4 Å². The van der Waals surface area contributed by atoms with Crippen molar-refractivity contribution in [3.05, 3.63) is 103 Å². The molecule has 0 aliphatic heterocycles. The smallest absolute Gasteiger partial charge is 0.128 e. The Kier molecular flexibility index (Phi) is 4.94. The summed E-state index contributed by atoms with van der Waals surface area (Å²) in [4.78, 5) is 5.63. The standard InChI is InChI=1S/C22H17N3S/c1-3-9-18(10-4-1)22(25-24-19-13-5-2-6-14-19)26-20-15-7-11-17-12-8-16-23-21(17)20/h1-16,24H/b25-22-. The molecule has 4 rings (SSSR count). The lowest BCUT2D eigenvalue weighted by Gasteiger charge is -2.09. The topological polar surface area (TPSA) is 37.3 Å². The minimum absolute atomic E-state index is 0.896. The van der Waals surface area contributed by atoms with Crippen molar-refractivity contribution in [2.45, 2.75) is 4.90 Å². The molecule has 0 bridgehead atoms. The van der Waals surface area contributed by atoms with Crippen molar-refractivity contribution in [2.24, 2.45) is 5.10 Å². The average molecular weight is 355 g/mol. The van der Waals surface area contributed by atoms with E-state index in [2.05, 4.69) is 51.9 Å². The number of fused-ring (bicyclic) bond motifs is 1.